The summed E-state index contributed by atoms with van der Waals surface area (Å²) in [5, 5.41) is 2.94. The maximum atomic E-state index is 13.5. The minimum atomic E-state index is -3.80. The minimum absolute atomic E-state index is 0.0619. The average molecular weight is 470 g/mol. The van der Waals surface area contributed by atoms with Gasteiger partial charge in [-0.3, -0.25) is 9.59 Å². The number of carbonyl (C=O) groups is 2. The number of amides is 2. The van der Waals surface area contributed by atoms with Crippen molar-refractivity contribution in [2.45, 2.75) is 50.8 Å². The van der Waals surface area contributed by atoms with Gasteiger partial charge in [-0.05, 0) is 87.6 Å². The summed E-state index contributed by atoms with van der Waals surface area (Å²) in [5.74, 6) is -0.651. The summed E-state index contributed by atoms with van der Waals surface area (Å²) in [6.07, 6.45) is 1.25. The quantitative estimate of drug-likeness (QED) is 0.741. The van der Waals surface area contributed by atoms with Gasteiger partial charge in [0.05, 0.1) is 16.2 Å². The minimum Gasteiger partial charge on any atom is -0.326 e. The second-order valence-electron chi connectivity index (χ2n) is 9.66. The molecular weight excluding hydrogens is 438 g/mol. The third-order valence-electron chi connectivity index (χ3n) is 7.01. The van der Waals surface area contributed by atoms with Crippen molar-refractivity contribution in [1.29, 1.82) is 0 Å². The molecule has 0 radical (unpaired) electrons. The Morgan fingerprint density at radius 3 is 2.52 bits per heavy atom. The Morgan fingerprint density at radius 2 is 1.82 bits per heavy atom. The van der Waals surface area contributed by atoms with Crippen LogP contribution < -0.4 is 10.2 Å². The monoisotopic (exact) mass is 469 g/mol. The van der Waals surface area contributed by atoms with E-state index in [-0.39, 0.29) is 23.3 Å². The lowest BCUT2D eigenvalue weighted by molar-refractivity contribution is -0.122. The Kier molecular flexibility index (Phi) is 5.87. The summed E-state index contributed by atoms with van der Waals surface area (Å²) in [6.45, 7) is 8.12. The van der Waals surface area contributed by atoms with Crippen LogP contribution in [0.25, 0.3) is 0 Å². The van der Waals surface area contributed by atoms with Gasteiger partial charge in [-0.1, -0.05) is 6.07 Å². The molecule has 33 heavy (non-hydrogen) atoms. The van der Waals surface area contributed by atoms with Crippen LogP contribution >= 0.6 is 0 Å². The molecule has 0 unspecified atom stereocenters. The summed E-state index contributed by atoms with van der Waals surface area (Å²) >= 11 is 0. The molecule has 0 aromatic heterocycles. The molecule has 2 aromatic carbocycles. The van der Waals surface area contributed by atoms with E-state index < -0.39 is 21.4 Å². The molecule has 2 amide bonds. The van der Waals surface area contributed by atoms with Crippen LogP contribution in [0.5, 0.6) is 0 Å². The van der Waals surface area contributed by atoms with E-state index in [1.807, 2.05) is 45.9 Å². The molecule has 0 aliphatic carbocycles. The Hall–Kier alpha value is -2.71. The summed E-state index contributed by atoms with van der Waals surface area (Å²) in [5.41, 5.74) is 3.60. The summed E-state index contributed by atoms with van der Waals surface area (Å²) in [4.78, 5) is 27.2. The van der Waals surface area contributed by atoms with Gasteiger partial charge in [0.1, 0.15) is 0 Å². The molecule has 1 N–H and O–H groups in total. The van der Waals surface area contributed by atoms with Crippen molar-refractivity contribution in [3.05, 3.63) is 53.1 Å². The fourth-order valence-electron chi connectivity index (χ4n) is 4.70. The fraction of sp³-hybridized carbons (Fsp3) is 0.440. The van der Waals surface area contributed by atoms with E-state index in [4.69, 9.17) is 0 Å². The van der Waals surface area contributed by atoms with Gasteiger partial charge in [-0.25, -0.2) is 8.42 Å². The zero-order valence-electron chi connectivity index (χ0n) is 19.8. The molecule has 0 bridgehead atoms. The van der Waals surface area contributed by atoms with Crippen molar-refractivity contribution in [2.75, 3.05) is 30.4 Å². The molecule has 1 fully saturated rings. The lowest BCUT2D eigenvalue weighted by Crippen LogP contribution is -2.43. The standard InChI is InChI=1S/C25H31N3O4S/c1-16-8-9-19(13-17(16)2)26-23(29)18-7-6-12-28(15-18)33(31,32)20-10-11-22-21(14-20)25(3,4)24(30)27(22)5/h8-11,13-14,18H,6-7,12,15H2,1-5H3,(H,26,29)/t18-/m1/s1. The predicted molar refractivity (Wildman–Crippen MR) is 129 cm³/mol. The number of fused-ring (bicyclic) bond motifs is 1. The molecule has 0 saturated carbocycles. The normalized spacial score (nSPS) is 20.6. The first-order valence-corrected chi connectivity index (χ1v) is 12.7. The number of carbonyl (C=O) groups excluding carboxylic acids is 2. The zero-order chi connectivity index (χ0) is 24.1. The fourth-order valence-corrected chi connectivity index (χ4v) is 6.25. The zero-order valence-corrected chi connectivity index (χ0v) is 20.6. The van der Waals surface area contributed by atoms with Crippen LogP contribution in [0.15, 0.2) is 41.3 Å². The molecule has 4 rings (SSSR count). The predicted octanol–water partition coefficient (Wildman–Crippen LogP) is 3.60. The van der Waals surface area contributed by atoms with Gasteiger partial charge in [-0.15, -0.1) is 0 Å². The molecule has 2 heterocycles. The number of sulfonamides is 1. The van der Waals surface area contributed by atoms with E-state index >= 15 is 0 Å². The van der Waals surface area contributed by atoms with Crippen molar-refractivity contribution in [2.24, 2.45) is 5.92 Å². The summed E-state index contributed by atoms with van der Waals surface area (Å²) in [7, 11) is -2.10. The van der Waals surface area contributed by atoms with E-state index in [9.17, 15) is 18.0 Å². The van der Waals surface area contributed by atoms with Crippen LogP contribution in [-0.2, 0) is 25.0 Å². The average Bonchev–Trinajstić information content (AvgIpc) is 2.96. The van der Waals surface area contributed by atoms with Crippen LogP contribution in [0.4, 0.5) is 11.4 Å². The van der Waals surface area contributed by atoms with E-state index in [0.29, 0.717) is 24.9 Å². The molecule has 1 saturated heterocycles. The third-order valence-corrected chi connectivity index (χ3v) is 8.87. The molecular formula is C25H31N3O4S. The van der Waals surface area contributed by atoms with Gasteiger partial charge in [-0.2, -0.15) is 4.31 Å². The lowest BCUT2D eigenvalue weighted by atomic mass is 9.86. The van der Waals surface area contributed by atoms with E-state index in [1.54, 1.807) is 30.1 Å². The number of anilines is 2. The second kappa shape index (κ2) is 8.25. The second-order valence-corrected chi connectivity index (χ2v) is 11.6. The number of benzene rings is 2. The highest BCUT2D eigenvalue weighted by Gasteiger charge is 2.43. The van der Waals surface area contributed by atoms with Crippen molar-refractivity contribution in [3.8, 4) is 0 Å². The lowest BCUT2D eigenvalue weighted by Gasteiger charge is -2.31. The molecule has 8 heteroatoms. The first-order valence-electron chi connectivity index (χ1n) is 11.2. The van der Waals surface area contributed by atoms with Gasteiger partial charge >= 0.3 is 0 Å². The topological polar surface area (TPSA) is 86.8 Å². The Morgan fingerprint density at radius 1 is 1.09 bits per heavy atom. The molecule has 7 nitrogen and oxygen atoms in total. The molecule has 2 aliphatic heterocycles. The molecule has 2 aromatic rings. The van der Waals surface area contributed by atoms with Crippen molar-refractivity contribution in [1.82, 2.24) is 4.31 Å². The van der Waals surface area contributed by atoms with Gasteiger partial charge in [0.15, 0.2) is 0 Å². The highest BCUT2D eigenvalue weighted by molar-refractivity contribution is 7.89. The van der Waals surface area contributed by atoms with E-state index in [2.05, 4.69) is 5.32 Å². The highest BCUT2D eigenvalue weighted by Crippen LogP contribution is 2.42. The number of piperidine rings is 1. The number of rotatable bonds is 4. The maximum Gasteiger partial charge on any atom is 0.243 e. The smallest absolute Gasteiger partial charge is 0.243 e. The van der Waals surface area contributed by atoms with Crippen molar-refractivity contribution >= 4 is 33.2 Å². The number of hydrogen-bond acceptors (Lipinski definition) is 4. The van der Waals surface area contributed by atoms with Crippen molar-refractivity contribution < 1.29 is 18.0 Å². The van der Waals surface area contributed by atoms with Crippen LogP contribution in [0.1, 0.15) is 43.4 Å². The van der Waals surface area contributed by atoms with E-state index in [1.165, 1.54) is 4.31 Å². The molecule has 1 atom stereocenters. The van der Waals surface area contributed by atoms with Gasteiger partial charge < -0.3 is 10.2 Å². The summed E-state index contributed by atoms with van der Waals surface area (Å²) in [6, 6.07) is 10.6. The van der Waals surface area contributed by atoms with E-state index in [0.717, 1.165) is 22.5 Å². The third kappa shape index (κ3) is 4.06. The number of likely N-dealkylation sites (N-methyl/N-ethyl adjacent to an activating group) is 1. The van der Waals surface area contributed by atoms with Gasteiger partial charge in [0.25, 0.3) is 0 Å². The van der Waals surface area contributed by atoms with Crippen molar-refractivity contribution in [3.63, 3.8) is 0 Å². The number of hydrogen-bond donors (Lipinski definition) is 1. The highest BCUT2D eigenvalue weighted by atomic mass is 32.2. The SMILES string of the molecule is Cc1ccc(NC(=O)[C@@H]2CCCN(S(=O)(=O)c3ccc4c(c3)C(C)(C)C(=O)N4C)C2)cc1C. The Labute approximate surface area is 195 Å². The van der Waals surface area contributed by atoms with Crippen LogP contribution in [0.2, 0.25) is 0 Å². The largest absolute Gasteiger partial charge is 0.326 e. The van der Waals surface area contributed by atoms with Crippen LogP contribution in [-0.4, -0.2) is 44.7 Å². The molecule has 2 aliphatic rings. The van der Waals surface area contributed by atoms with Crippen LogP contribution in [0, 0.1) is 19.8 Å². The maximum absolute atomic E-state index is 13.5. The van der Waals surface area contributed by atoms with Crippen LogP contribution in [0.3, 0.4) is 0 Å². The Bertz CT molecular complexity index is 1240. The number of nitrogens with zero attached hydrogens (tertiary/aromatic N) is 2. The number of nitrogens with one attached hydrogen (secondary N) is 1. The van der Waals surface area contributed by atoms with Gasteiger partial charge in [0, 0.05) is 31.5 Å². The van der Waals surface area contributed by atoms with Gasteiger partial charge in [0.2, 0.25) is 21.8 Å². The number of aryl methyl sites for hydroxylation is 2. The first kappa shape index (κ1) is 23.4. The Balaban J connectivity index is 1.54. The first-order chi connectivity index (χ1) is 15.4. The molecule has 0 spiro atoms. The molecule has 176 valence electrons. The summed E-state index contributed by atoms with van der Waals surface area (Å²) < 4.78 is 28.3.